The molecule has 0 aromatic heterocycles. The molecule has 200 valence electrons. The molecule has 0 aliphatic rings. The molecule has 0 bridgehead atoms. The van der Waals surface area contributed by atoms with E-state index in [0.717, 1.165) is 18.5 Å². The normalized spacial score (nSPS) is 11.7. The van der Waals surface area contributed by atoms with Gasteiger partial charge in [-0.2, -0.15) is 0 Å². The van der Waals surface area contributed by atoms with E-state index < -0.39 is 16.1 Å². The summed E-state index contributed by atoms with van der Waals surface area (Å²) in [6.45, 7) is 0. The zero-order valence-electron chi connectivity index (χ0n) is 23.4. The van der Waals surface area contributed by atoms with Crippen LogP contribution in [0.25, 0.3) is 0 Å². The maximum Gasteiger partial charge on any atom is 0.148 e. The van der Waals surface area contributed by atoms with Gasteiger partial charge >= 0.3 is 0 Å². The summed E-state index contributed by atoms with van der Waals surface area (Å²) >= 11 is 0. The van der Waals surface area contributed by atoms with E-state index in [4.69, 9.17) is 0 Å². The van der Waals surface area contributed by atoms with Gasteiger partial charge in [-0.1, -0.05) is 188 Å². The van der Waals surface area contributed by atoms with E-state index in [0.29, 0.717) is 0 Å². The first-order valence-electron chi connectivity index (χ1n) is 14.7. The Bertz CT molecular complexity index is 1300. The van der Waals surface area contributed by atoms with Gasteiger partial charge in [-0.05, 0) is 43.2 Å². The van der Waals surface area contributed by atoms with Crippen LogP contribution in [0.3, 0.4) is 0 Å². The third-order valence-electron chi connectivity index (χ3n) is 8.70. The quantitative estimate of drug-likeness (QED) is 0.149. The minimum atomic E-state index is -2.30. The number of rotatable bonds is 10. The van der Waals surface area contributed by atoms with E-state index in [9.17, 15) is 0 Å². The Kier molecular flexibility index (Phi) is 8.22. The van der Waals surface area contributed by atoms with Gasteiger partial charge in [0, 0.05) is 0 Å². The Labute approximate surface area is 247 Å². The topological polar surface area (TPSA) is 0 Å². The van der Waals surface area contributed by atoms with Crippen molar-refractivity contribution in [3.05, 3.63) is 182 Å². The lowest BCUT2D eigenvalue weighted by Crippen LogP contribution is -2.68. The largest absolute Gasteiger partial charge is 0.148 e. The van der Waals surface area contributed by atoms with Crippen LogP contribution in [0.4, 0.5) is 0 Å². The highest BCUT2D eigenvalue weighted by molar-refractivity contribution is 7.12. The van der Waals surface area contributed by atoms with Crippen LogP contribution >= 0.6 is 0 Å². The molecule has 2 heteroatoms. The van der Waals surface area contributed by atoms with Crippen molar-refractivity contribution in [2.75, 3.05) is 0 Å². The molecule has 0 spiro atoms. The summed E-state index contributed by atoms with van der Waals surface area (Å²) in [7, 11) is -4.61. The van der Waals surface area contributed by atoms with E-state index >= 15 is 0 Å². The lowest BCUT2D eigenvalue weighted by molar-refractivity contribution is 1.04. The minimum absolute atomic E-state index is 1.15. The molecular formula is C39H36Si2. The van der Waals surface area contributed by atoms with Crippen LogP contribution in [0.2, 0.25) is 12.1 Å². The molecule has 0 unspecified atom stereocenters. The Morgan fingerprint density at radius 2 is 0.415 bits per heavy atom. The predicted molar refractivity (Wildman–Crippen MR) is 182 cm³/mol. The Hall–Kier alpha value is -4.25. The molecular weight excluding hydrogens is 525 g/mol. The second kappa shape index (κ2) is 12.5. The molecule has 0 nitrogen and oxygen atoms in total. The third-order valence-corrected chi connectivity index (χ3v) is 18.8. The van der Waals surface area contributed by atoms with Gasteiger partial charge < -0.3 is 0 Å². The van der Waals surface area contributed by atoms with Crippen molar-refractivity contribution in [2.24, 2.45) is 0 Å². The van der Waals surface area contributed by atoms with Crippen molar-refractivity contribution in [1.29, 1.82) is 0 Å². The highest BCUT2D eigenvalue weighted by Crippen LogP contribution is 2.22. The molecule has 0 atom stereocenters. The fourth-order valence-electron chi connectivity index (χ4n) is 6.82. The molecule has 0 aliphatic heterocycles. The van der Waals surface area contributed by atoms with Crippen LogP contribution in [0.1, 0.15) is 6.42 Å². The monoisotopic (exact) mass is 560 g/mol. The molecule has 41 heavy (non-hydrogen) atoms. The summed E-state index contributed by atoms with van der Waals surface area (Å²) in [5.41, 5.74) is 0. The molecule has 6 rings (SSSR count). The molecule has 0 saturated heterocycles. The van der Waals surface area contributed by atoms with Gasteiger partial charge in [0.2, 0.25) is 0 Å². The highest BCUT2D eigenvalue weighted by atomic mass is 28.3. The minimum Gasteiger partial charge on any atom is -0.0624 e. The van der Waals surface area contributed by atoms with Crippen LogP contribution < -0.4 is 31.1 Å². The standard InChI is InChI=1S/C39H36Si2/c1-7-20-34(21-8-1)40(35-22-9-2-10-23-35,36-24-11-3-12-25-36)32-19-33-41(37-26-13-4-14-27-37,38-28-15-5-16-29-38)39-30-17-6-18-31-39/h1-18,20-31H,19,32-33H2. The fourth-order valence-corrected chi connectivity index (χ4v) is 16.9. The van der Waals surface area contributed by atoms with Crippen LogP contribution in [0.5, 0.6) is 0 Å². The maximum absolute atomic E-state index is 2.38. The maximum atomic E-state index is 2.38. The van der Waals surface area contributed by atoms with E-state index in [1.807, 2.05) is 0 Å². The molecule has 0 heterocycles. The average molecular weight is 561 g/mol. The lowest BCUT2D eigenvalue weighted by Gasteiger charge is -2.37. The van der Waals surface area contributed by atoms with E-state index in [2.05, 4.69) is 182 Å². The van der Waals surface area contributed by atoms with Gasteiger partial charge in [0.05, 0.1) is 0 Å². The average Bonchev–Trinajstić information content (AvgIpc) is 3.08. The summed E-state index contributed by atoms with van der Waals surface area (Å²) in [6.07, 6.45) is 1.15. The first kappa shape index (κ1) is 26.9. The van der Waals surface area contributed by atoms with Crippen molar-refractivity contribution >= 4 is 47.3 Å². The van der Waals surface area contributed by atoms with E-state index in [-0.39, 0.29) is 0 Å². The SMILES string of the molecule is c1ccc([Si](CCC[Si](c2ccccc2)(c2ccccc2)c2ccccc2)(c2ccccc2)c2ccccc2)cc1. The van der Waals surface area contributed by atoms with Crippen LogP contribution in [0.15, 0.2) is 182 Å². The molecule has 0 N–H and O–H groups in total. The number of hydrogen-bond donors (Lipinski definition) is 0. The molecule has 6 aromatic carbocycles. The zero-order valence-corrected chi connectivity index (χ0v) is 25.4. The molecule has 6 aromatic rings. The second-order valence-corrected chi connectivity index (χ2v) is 18.9. The van der Waals surface area contributed by atoms with Crippen LogP contribution in [0, 0.1) is 0 Å². The van der Waals surface area contributed by atoms with Crippen molar-refractivity contribution in [3.8, 4) is 0 Å². The van der Waals surface area contributed by atoms with Gasteiger partial charge in [-0.15, -0.1) is 0 Å². The summed E-state index contributed by atoms with van der Waals surface area (Å²) in [4.78, 5) is 0. The van der Waals surface area contributed by atoms with E-state index in [1.54, 1.807) is 0 Å². The summed E-state index contributed by atoms with van der Waals surface area (Å²) in [6, 6.07) is 70.4. The van der Waals surface area contributed by atoms with Crippen LogP contribution in [-0.4, -0.2) is 16.1 Å². The van der Waals surface area contributed by atoms with Crippen molar-refractivity contribution < 1.29 is 0 Å². The summed E-state index contributed by atoms with van der Waals surface area (Å²) in [5.74, 6) is 0. The van der Waals surface area contributed by atoms with Gasteiger partial charge in [0.15, 0.2) is 0 Å². The summed E-state index contributed by atoms with van der Waals surface area (Å²) in [5, 5.41) is 8.94. The molecule has 0 saturated carbocycles. The predicted octanol–water partition coefficient (Wildman–Crippen LogP) is 5.72. The molecule has 0 amide bonds. The smallest absolute Gasteiger partial charge is 0.0624 e. The Morgan fingerprint density at radius 3 is 0.585 bits per heavy atom. The van der Waals surface area contributed by atoms with Gasteiger partial charge in [-0.3, -0.25) is 0 Å². The van der Waals surface area contributed by atoms with E-state index in [1.165, 1.54) is 31.1 Å². The first-order chi connectivity index (χ1) is 20.3. The number of benzene rings is 6. The molecule has 0 radical (unpaired) electrons. The summed E-state index contributed by atoms with van der Waals surface area (Å²) < 4.78 is 0. The van der Waals surface area contributed by atoms with Crippen molar-refractivity contribution in [1.82, 2.24) is 0 Å². The molecule has 0 fully saturated rings. The van der Waals surface area contributed by atoms with Gasteiger partial charge in [-0.25, -0.2) is 0 Å². The highest BCUT2D eigenvalue weighted by Gasteiger charge is 2.42. The zero-order chi connectivity index (χ0) is 27.8. The second-order valence-electron chi connectivity index (χ2n) is 10.9. The number of hydrogen-bond acceptors (Lipinski definition) is 0. The fraction of sp³-hybridized carbons (Fsp3) is 0.0769. The van der Waals surface area contributed by atoms with Gasteiger partial charge in [0.25, 0.3) is 0 Å². The lowest BCUT2D eigenvalue weighted by atomic mass is 10.3. The Balaban J connectivity index is 1.50. The van der Waals surface area contributed by atoms with Crippen LogP contribution in [-0.2, 0) is 0 Å². The Morgan fingerprint density at radius 1 is 0.244 bits per heavy atom. The van der Waals surface area contributed by atoms with Crippen molar-refractivity contribution in [2.45, 2.75) is 18.5 Å². The first-order valence-corrected chi connectivity index (χ1v) is 19.1. The third kappa shape index (κ3) is 5.29. The van der Waals surface area contributed by atoms with Crippen molar-refractivity contribution in [3.63, 3.8) is 0 Å². The molecule has 0 aliphatic carbocycles. The van der Waals surface area contributed by atoms with Gasteiger partial charge in [0.1, 0.15) is 16.1 Å².